The fourth-order valence-corrected chi connectivity index (χ4v) is 2.27. The summed E-state index contributed by atoms with van der Waals surface area (Å²) in [5.41, 5.74) is 8.56. The van der Waals surface area contributed by atoms with Gasteiger partial charge in [0, 0.05) is 5.92 Å². The lowest BCUT2D eigenvalue weighted by molar-refractivity contribution is 0.495. The van der Waals surface area contributed by atoms with Crippen molar-refractivity contribution in [3.05, 3.63) is 23.3 Å². The van der Waals surface area contributed by atoms with Gasteiger partial charge in [0.1, 0.15) is 12.2 Å². The van der Waals surface area contributed by atoms with E-state index in [-0.39, 0.29) is 6.04 Å². The molecule has 1 aliphatic carbocycles. The zero-order valence-corrected chi connectivity index (χ0v) is 10.1. The second-order valence-corrected chi connectivity index (χ2v) is 4.85. The smallest absolute Gasteiger partial charge is 0.128 e. The summed E-state index contributed by atoms with van der Waals surface area (Å²) in [6.07, 6.45) is 6.96. The molecule has 0 aromatic rings. The first kappa shape index (κ1) is 11.1. The molecule has 0 bridgehead atoms. The van der Waals surface area contributed by atoms with Crippen LogP contribution >= 0.6 is 0 Å². The molecule has 2 rings (SSSR count). The summed E-state index contributed by atoms with van der Waals surface area (Å²) in [5, 5.41) is 0. The van der Waals surface area contributed by atoms with Crippen LogP contribution in [0.3, 0.4) is 0 Å². The van der Waals surface area contributed by atoms with Crippen molar-refractivity contribution < 1.29 is 0 Å². The van der Waals surface area contributed by atoms with Gasteiger partial charge in [-0.1, -0.05) is 31.6 Å². The van der Waals surface area contributed by atoms with Crippen molar-refractivity contribution in [3.8, 4) is 0 Å². The zero-order valence-electron chi connectivity index (χ0n) is 10.1. The summed E-state index contributed by atoms with van der Waals surface area (Å²) in [4.78, 5) is 8.53. The van der Waals surface area contributed by atoms with Gasteiger partial charge in [0.25, 0.3) is 0 Å². The Hall–Kier alpha value is -1.38. The van der Waals surface area contributed by atoms with Crippen LogP contribution < -0.4 is 5.73 Å². The molecule has 1 heterocycles. The van der Waals surface area contributed by atoms with Gasteiger partial charge >= 0.3 is 0 Å². The number of rotatable bonds is 1. The van der Waals surface area contributed by atoms with Gasteiger partial charge in [-0.15, -0.1) is 0 Å². The molecule has 2 atom stereocenters. The lowest BCUT2D eigenvalue weighted by Gasteiger charge is -2.27. The third-order valence-corrected chi connectivity index (χ3v) is 3.45. The number of nitrogens with zero attached hydrogens (tertiary/aromatic N) is 2. The number of hydrogen-bond donors (Lipinski definition) is 1. The van der Waals surface area contributed by atoms with E-state index in [0.29, 0.717) is 17.7 Å². The van der Waals surface area contributed by atoms with E-state index in [4.69, 9.17) is 5.73 Å². The molecule has 2 aliphatic rings. The van der Waals surface area contributed by atoms with Crippen molar-refractivity contribution in [1.82, 2.24) is 0 Å². The maximum atomic E-state index is 5.93. The highest BCUT2D eigenvalue weighted by atomic mass is 15.0. The van der Waals surface area contributed by atoms with Gasteiger partial charge in [0.2, 0.25) is 0 Å². The summed E-state index contributed by atoms with van der Waals surface area (Å²) < 4.78 is 0. The lowest BCUT2D eigenvalue weighted by Crippen LogP contribution is -2.28. The number of hydrogen-bond acceptors (Lipinski definition) is 3. The minimum atomic E-state index is 0.262. The number of allylic oxidation sites excluding steroid dienone is 3. The molecular weight excluding hydrogens is 198 g/mol. The van der Waals surface area contributed by atoms with E-state index >= 15 is 0 Å². The van der Waals surface area contributed by atoms with Gasteiger partial charge in [-0.3, -0.25) is 4.99 Å². The normalized spacial score (nSPS) is 29.1. The Kier molecular flexibility index (Phi) is 2.95. The van der Waals surface area contributed by atoms with E-state index < -0.39 is 0 Å². The van der Waals surface area contributed by atoms with Crippen molar-refractivity contribution in [1.29, 1.82) is 0 Å². The summed E-state index contributed by atoms with van der Waals surface area (Å²) in [5.74, 6) is 1.61. The highest BCUT2D eigenvalue weighted by Gasteiger charge is 2.28. The SMILES string of the molecule is CC(C)C1=CC=C2C(N)=NC=NC(C)C2C1. The average molecular weight is 217 g/mol. The Morgan fingerprint density at radius 3 is 2.81 bits per heavy atom. The number of amidine groups is 1. The number of aliphatic imine (C=N–C) groups is 2. The number of nitrogens with two attached hydrogens (primary N) is 1. The van der Waals surface area contributed by atoms with Crippen LogP contribution in [-0.4, -0.2) is 18.2 Å². The van der Waals surface area contributed by atoms with E-state index in [1.807, 2.05) is 0 Å². The van der Waals surface area contributed by atoms with E-state index in [1.54, 1.807) is 6.34 Å². The Labute approximate surface area is 96.9 Å². The summed E-state index contributed by atoms with van der Waals surface area (Å²) in [7, 11) is 0. The first-order valence-corrected chi connectivity index (χ1v) is 5.85. The van der Waals surface area contributed by atoms with Crippen LogP contribution in [0.4, 0.5) is 0 Å². The Morgan fingerprint density at radius 1 is 1.38 bits per heavy atom. The predicted octanol–water partition coefficient (Wildman–Crippen LogP) is 2.30. The molecule has 0 saturated carbocycles. The van der Waals surface area contributed by atoms with Crippen molar-refractivity contribution in [2.45, 2.75) is 33.2 Å². The van der Waals surface area contributed by atoms with E-state index in [1.165, 1.54) is 5.57 Å². The average Bonchev–Trinajstić information content (AvgIpc) is 2.40. The molecule has 0 amide bonds. The van der Waals surface area contributed by atoms with E-state index in [0.717, 1.165) is 12.0 Å². The van der Waals surface area contributed by atoms with E-state index in [9.17, 15) is 0 Å². The van der Waals surface area contributed by atoms with Crippen LogP contribution in [0, 0.1) is 11.8 Å². The number of fused-ring (bicyclic) bond motifs is 1. The van der Waals surface area contributed by atoms with Gasteiger partial charge in [-0.25, -0.2) is 4.99 Å². The monoisotopic (exact) mass is 217 g/mol. The van der Waals surface area contributed by atoms with Crippen LogP contribution in [-0.2, 0) is 0 Å². The van der Waals surface area contributed by atoms with Crippen molar-refractivity contribution in [2.24, 2.45) is 27.6 Å². The predicted molar refractivity (Wildman–Crippen MR) is 68.7 cm³/mol. The third kappa shape index (κ3) is 1.94. The van der Waals surface area contributed by atoms with Crippen molar-refractivity contribution in [2.75, 3.05) is 0 Å². The molecule has 2 N–H and O–H groups in total. The van der Waals surface area contributed by atoms with Gasteiger partial charge in [0.15, 0.2) is 0 Å². The second kappa shape index (κ2) is 4.24. The highest BCUT2D eigenvalue weighted by Crippen LogP contribution is 2.33. The molecule has 0 aromatic carbocycles. The molecule has 0 spiro atoms. The zero-order chi connectivity index (χ0) is 11.7. The van der Waals surface area contributed by atoms with Crippen LogP contribution in [0.1, 0.15) is 27.2 Å². The second-order valence-electron chi connectivity index (χ2n) is 4.85. The highest BCUT2D eigenvalue weighted by molar-refractivity contribution is 6.02. The summed E-state index contributed by atoms with van der Waals surface area (Å²) in [6.45, 7) is 6.59. The maximum absolute atomic E-state index is 5.93. The lowest BCUT2D eigenvalue weighted by atomic mass is 9.79. The van der Waals surface area contributed by atoms with Gasteiger partial charge in [0.05, 0.1) is 6.04 Å². The molecule has 86 valence electrons. The van der Waals surface area contributed by atoms with Crippen LogP contribution in [0.15, 0.2) is 33.3 Å². The first-order chi connectivity index (χ1) is 7.59. The standard InChI is InChI=1S/C13H19N3/c1-8(2)10-4-5-11-12(6-10)9(3)15-7-16-13(11)14/h4-5,7-9,12H,6H2,1-3H3,(H2,14,15,16). The van der Waals surface area contributed by atoms with Crippen LogP contribution in [0.2, 0.25) is 0 Å². The van der Waals surface area contributed by atoms with Crippen molar-refractivity contribution >= 4 is 12.2 Å². The van der Waals surface area contributed by atoms with Crippen LogP contribution in [0.5, 0.6) is 0 Å². The van der Waals surface area contributed by atoms with Crippen molar-refractivity contribution in [3.63, 3.8) is 0 Å². The minimum Gasteiger partial charge on any atom is -0.383 e. The molecule has 1 aliphatic heterocycles. The molecule has 0 aromatic heterocycles. The quantitative estimate of drug-likeness (QED) is 0.720. The molecule has 0 radical (unpaired) electrons. The fourth-order valence-electron chi connectivity index (χ4n) is 2.27. The summed E-state index contributed by atoms with van der Waals surface area (Å²) in [6, 6.07) is 0.262. The molecule has 0 fully saturated rings. The molecule has 2 unspecified atom stereocenters. The molecular formula is C13H19N3. The van der Waals surface area contributed by atoms with Gasteiger partial charge in [-0.05, 0) is 24.8 Å². The molecule has 16 heavy (non-hydrogen) atoms. The topological polar surface area (TPSA) is 50.7 Å². The molecule has 3 nitrogen and oxygen atoms in total. The third-order valence-electron chi connectivity index (χ3n) is 3.45. The fraction of sp³-hybridized carbons (Fsp3) is 0.538. The maximum Gasteiger partial charge on any atom is 0.128 e. The Balaban J connectivity index is 2.35. The van der Waals surface area contributed by atoms with E-state index in [2.05, 4.69) is 42.9 Å². The van der Waals surface area contributed by atoms with Crippen LogP contribution in [0.25, 0.3) is 0 Å². The van der Waals surface area contributed by atoms with Gasteiger partial charge < -0.3 is 5.73 Å². The van der Waals surface area contributed by atoms with Gasteiger partial charge in [-0.2, -0.15) is 0 Å². The minimum absolute atomic E-state index is 0.262. The summed E-state index contributed by atoms with van der Waals surface area (Å²) >= 11 is 0. The first-order valence-electron chi connectivity index (χ1n) is 5.85. The Morgan fingerprint density at radius 2 is 2.12 bits per heavy atom. The molecule has 3 heteroatoms. The largest absolute Gasteiger partial charge is 0.383 e. The Bertz CT molecular complexity index is 399. The molecule has 0 saturated heterocycles.